The summed E-state index contributed by atoms with van der Waals surface area (Å²) in [6, 6.07) is -34.8. The SMILES string of the molecule is [2H]c1c([2H])c([2H])c(C([2H])(c2c([2H])c([2H])c([2H])c([2H])c2[2H])[C@@]([2H])(NC(=O)OC([2H])([2H])[2H])C(=O)NC([2H])([2H])C([2H])([2H])C([2H])([2H])C([2H])([2H])[C@]([2H])(N(C([2H])([2H])C([2H])(C([2H])([2H])[2H])C([2H])([2H])[2H])S(=O)(=O)c2c([2H])c([2H])c(N)c([2H])c2[2H])C([2H])([2H])O)c([2H])c1[2H]. The van der Waals surface area contributed by atoms with Crippen LogP contribution in [0.3, 0.4) is 0 Å². The van der Waals surface area contributed by atoms with Gasteiger partial charge in [0.25, 0.3) is 0 Å². The zero-order valence-electron chi connectivity index (χ0n) is 60.4. The number of amides is 2. The van der Waals surface area contributed by atoms with Gasteiger partial charge in [0.05, 0.1) is 47.3 Å². The maximum atomic E-state index is 15.1. The number of carbonyl (C=O) groups excluding carboxylic acids is 2. The fourth-order valence-corrected chi connectivity index (χ4v) is 3.83. The number of aliphatic hydroxyl groups is 1. The minimum absolute atomic E-state index is 0.773. The molecule has 0 bridgehead atoms. The first kappa shape index (κ1) is 9.31. The zero-order chi connectivity index (χ0) is 66.2. The summed E-state index contributed by atoms with van der Waals surface area (Å²) in [6.07, 6.45) is -20.0. The summed E-state index contributed by atoms with van der Waals surface area (Å²) in [5, 5.41) is 13.0. The molecule has 3 aromatic rings. The number of carbonyl (C=O) groups is 2. The average molecular weight is 664 g/mol. The van der Waals surface area contributed by atoms with Crippen LogP contribution >= 0.6 is 0 Å². The Labute approximate surface area is 315 Å². The lowest BCUT2D eigenvalue weighted by Crippen LogP contribution is -2.50. The molecule has 2 amide bonds. The molecule has 0 radical (unpaired) electrons. The molecule has 44 heavy (non-hydrogen) atoms. The van der Waals surface area contributed by atoms with E-state index in [2.05, 4.69) is 4.74 Å². The number of rotatable bonds is 16. The maximum Gasteiger partial charge on any atom is 0.407 e. The fraction of sp³-hybridized carbons (Fsp3) is 0.394. The number of nitrogens with zero attached hydrogens (tertiary/aromatic N) is 1. The molecule has 0 spiro atoms. The van der Waals surface area contributed by atoms with Gasteiger partial charge in [-0.3, -0.25) is 4.79 Å². The first-order chi connectivity index (χ1) is 36.4. The standard InChI is InChI=1S/C33H44N4O6S/c1-24(2)22-37(44(41,42)29-19-17-27(34)18-20-29)28(23-38)16-10-11-21-35-32(39)31(36-33(40)43-3)30(25-12-6-4-7-13-25)26-14-8-5-9-15-26/h4-9,12-15,17-20,24,28,30-31,38H,10-11,16,21-23,34H2,1-3H3,(H,35,39)(H,36,40)/t28-,31+/m0/s1/i1D3,2D3,3D3,4D,5D,6D,7D,8D,9D,10D2,11D2,12D,13D,14D,15D,16D2,17D,18D,19D,20D,21D2,22D2,23D2,24D,28D,30D,31D. The Hall–Kier alpha value is -3.93. The largest absolute Gasteiger partial charge is 0.453 e. The zero-order valence-corrected chi connectivity index (χ0v) is 22.2. The van der Waals surface area contributed by atoms with Crippen molar-refractivity contribution in [3.63, 3.8) is 0 Å². The van der Waals surface area contributed by atoms with E-state index in [0.717, 1.165) is 10.6 Å². The van der Waals surface area contributed by atoms with E-state index in [9.17, 15) is 14.0 Å². The third-order valence-corrected chi connectivity index (χ3v) is 5.90. The third-order valence-electron chi connectivity index (χ3n) is 4.42. The molecule has 5 N–H and O–H groups in total. The van der Waals surface area contributed by atoms with E-state index < -0.39 is 216 Å². The van der Waals surface area contributed by atoms with Gasteiger partial charge in [-0.1, -0.05) is 80.5 Å². The molecule has 2 atom stereocenters. The highest BCUT2D eigenvalue weighted by atomic mass is 32.2. The van der Waals surface area contributed by atoms with Crippen molar-refractivity contribution >= 4 is 27.7 Å². The van der Waals surface area contributed by atoms with Crippen molar-refractivity contribution in [2.75, 3.05) is 32.3 Å². The van der Waals surface area contributed by atoms with Crippen LogP contribution in [-0.2, 0) is 19.6 Å². The first-order valence-electron chi connectivity index (χ1n) is 30.5. The Kier molecular flexibility index (Phi) is 3.55. The fourth-order valence-electron chi connectivity index (χ4n) is 2.75. The van der Waals surface area contributed by atoms with E-state index in [1.807, 2.05) is 0 Å². The molecule has 0 saturated carbocycles. The van der Waals surface area contributed by atoms with Crippen LogP contribution in [0.15, 0.2) is 89.5 Å². The second-order valence-electron chi connectivity index (χ2n) is 7.18. The van der Waals surface area contributed by atoms with Crippen molar-refractivity contribution in [1.82, 2.24) is 14.9 Å². The molecule has 0 saturated heterocycles. The number of benzene rings is 3. The van der Waals surface area contributed by atoms with Crippen LogP contribution in [0.2, 0.25) is 0 Å². The first-order valence-corrected chi connectivity index (χ1v) is 12.4. The summed E-state index contributed by atoms with van der Waals surface area (Å²) in [6.45, 7) is -26.5. The monoisotopic (exact) mass is 664 g/mol. The highest BCUT2D eigenvalue weighted by Gasteiger charge is 2.33. The minimum atomic E-state index is -7.50. The van der Waals surface area contributed by atoms with E-state index in [0.29, 0.717) is 0 Å². The summed E-state index contributed by atoms with van der Waals surface area (Å²) in [5.41, 5.74) is 0.342. The number of anilines is 1. The smallest absolute Gasteiger partial charge is 0.407 e. The topological polar surface area (TPSA) is 151 Å². The Morgan fingerprint density at radius 1 is 1.02 bits per heavy atom. The molecule has 0 fully saturated rings. The van der Waals surface area contributed by atoms with Gasteiger partial charge in [-0.15, -0.1) is 0 Å². The van der Waals surface area contributed by atoms with Crippen molar-refractivity contribution < 1.29 is 81.3 Å². The number of nitrogens with one attached hydrogen (secondary N) is 2. The van der Waals surface area contributed by atoms with Gasteiger partial charge in [0, 0.05) is 55.3 Å². The number of alkyl carbamates (subject to hydrolysis) is 1. The van der Waals surface area contributed by atoms with Gasteiger partial charge in [-0.2, -0.15) is 4.31 Å². The number of ether oxygens (including phenoxy) is 1. The molecule has 3 aromatic carbocycles. The van der Waals surface area contributed by atoms with E-state index >= 15 is 13.2 Å². The molecular formula is C33H44N4O6S. The molecule has 0 aliphatic rings. The minimum Gasteiger partial charge on any atom is -0.453 e. The Morgan fingerprint density at radius 3 is 2.18 bits per heavy atom. The van der Waals surface area contributed by atoms with Crippen LogP contribution in [0.25, 0.3) is 0 Å². The molecular weight excluding hydrogens is 580 g/mol. The number of nitrogen functional groups attached to an aromatic ring is 1. The molecule has 10 nitrogen and oxygen atoms in total. The second kappa shape index (κ2) is 16.8. The molecule has 238 valence electrons. The van der Waals surface area contributed by atoms with Gasteiger partial charge in [0.15, 0.2) is 0 Å². The predicted molar refractivity (Wildman–Crippen MR) is 171 cm³/mol. The molecule has 0 heterocycles. The normalized spacial score (nSPS) is 30.6. The Bertz CT molecular complexity index is 3080. The van der Waals surface area contributed by atoms with E-state index in [1.165, 1.54) is 0 Å². The van der Waals surface area contributed by atoms with Crippen molar-refractivity contribution in [3.05, 3.63) is 95.7 Å². The van der Waals surface area contributed by atoms with Crippen LogP contribution < -0.4 is 16.4 Å². The maximum absolute atomic E-state index is 15.1. The van der Waals surface area contributed by atoms with Gasteiger partial charge in [0.1, 0.15) is 6.02 Å². The van der Waals surface area contributed by atoms with Gasteiger partial charge >= 0.3 is 6.09 Å². The highest BCUT2D eigenvalue weighted by molar-refractivity contribution is 7.89. The summed E-state index contributed by atoms with van der Waals surface area (Å²) in [7, 11) is -11.5. The Balaban J connectivity index is 2.76. The number of methoxy groups -OCH3 is 1. The number of sulfonamides is 1. The van der Waals surface area contributed by atoms with Crippen LogP contribution in [-0.4, -0.2) is 68.5 Å². The van der Waals surface area contributed by atoms with Crippen molar-refractivity contribution in [2.45, 2.75) is 55.6 Å². The van der Waals surface area contributed by atoms with Crippen LogP contribution in [0.4, 0.5) is 10.5 Å². The molecule has 11 heteroatoms. The molecule has 0 aliphatic carbocycles. The quantitative estimate of drug-likeness (QED) is 0.168. The van der Waals surface area contributed by atoms with Gasteiger partial charge in [0.2, 0.25) is 15.9 Å². The third kappa shape index (κ3) is 9.54. The van der Waals surface area contributed by atoms with E-state index in [4.69, 9.17) is 55.1 Å². The van der Waals surface area contributed by atoms with Gasteiger partial charge in [-0.05, 0) is 53.9 Å². The van der Waals surface area contributed by atoms with Gasteiger partial charge in [-0.25, -0.2) is 13.2 Å². The van der Waals surface area contributed by atoms with Crippen LogP contribution in [0.5, 0.6) is 0 Å². The summed E-state index contributed by atoms with van der Waals surface area (Å²) >= 11 is 0. The van der Waals surface area contributed by atoms with Crippen molar-refractivity contribution in [3.8, 4) is 0 Å². The van der Waals surface area contributed by atoms with Crippen LogP contribution in [0.1, 0.15) is 103 Å². The number of hydrogen-bond acceptors (Lipinski definition) is 7. The van der Waals surface area contributed by atoms with E-state index in [-0.39, 0.29) is 0 Å². The molecule has 0 aromatic heterocycles. The van der Waals surface area contributed by atoms with Crippen molar-refractivity contribution in [1.29, 1.82) is 0 Å². The predicted octanol–water partition coefficient (Wildman–Crippen LogP) is 4.12. The highest BCUT2D eigenvalue weighted by Crippen LogP contribution is 2.29. The second-order valence-corrected chi connectivity index (χ2v) is 8.90. The van der Waals surface area contributed by atoms with Crippen molar-refractivity contribution in [2.24, 2.45) is 5.89 Å². The van der Waals surface area contributed by atoms with Crippen LogP contribution in [0, 0.1) is 5.89 Å². The van der Waals surface area contributed by atoms with E-state index in [1.54, 1.807) is 0 Å². The lowest BCUT2D eigenvalue weighted by molar-refractivity contribution is -0.123. The Morgan fingerprint density at radius 2 is 1.64 bits per heavy atom. The molecule has 0 unspecified atom stereocenters. The number of hydrogen-bond donors (Lipinski definition) is 4. The summed E-state index contributed by atoms with van der Waals surface area (Å²) in [4.78, 5) is 26.0. The average Bonchev–Trinajstić information content (AvgIpc) is 2.92. The molecule has 3 rings (SSSR count). The summed E-state index contributed by atoms with van der Waals surface area (Å²) in [5.74, 6) is -13.1. The number of nitrogens with two attached hydrogens (primary N) is 1. The lowest BCUT2D eigenvalue weighted by Gasteiger charge is -2.31. The summed E-state index contributed by atoms with van der Waals surface area (Å²) < 4.78 is 361. The molecule has 0 aliphatic heterocycles. The lowest BCUT2D eigenvalue weighted by atomic mass is 9.84. The van der Waals surface area contributed by atoms with Gasteiger partial charge < -0.3 is 26.2 Å².